The molecule has 0 aromatic carbocycles. The molecule has 0 saturated heterocycles. The molecule has 0 aliphatic heterocycles. The fraction of sp³-hybridized carbons (Fsp3) is 0.857. The first-order valence-electron chi connectivity index (χ1n) is 3.51. The molecule has 4 heteroatoms. The van der Waals surface area contributed by atoms with Crippen LogP contribution in [0.1, 0.15) is 20.3 Å². The van der Waals surface area contributed by atoms with Gasteiger partial charge in [-0.3, -0.25) is 4.79 Å². The smallest absolute Gasteiger partial charge is 0.304 e. The Bertz CT molecular complexity index is 112. The van der Waals surface area contributed by atoms with Crippen LogP contribution in [0, 0.1) is 0 Å². The van der Waals surface area contributed by atoms with Crippen molar-refractivity contribution in [3.63, 3.8) is 0 Å². The fourth-order valence-electron chi connectivity index (χ4n) is 0.485. The highest BCUT2D eigenvalue weighted by atomic mass is 35.5. The van der Waals surface area contributed by atoms with Crippen LogP contribution in [-0.4, -0.2) is 24.7 Å². The molecule has 0 N–H and O–H groups in total. The van der Waals surface area contributed by atoms with Gasteiger partial charge in [-0.25, -0.2) is 0 Å². The largest absolute Gasteiger partial charge is 0.439 e. The number of carbonyl (C=O) groups excluding carboxylic acids is 1. The summed E-state index contributed by atoms with van der Waals surface area (Å²) in [6.07, 6.45) is 0.807. The van der Waals surface area contributed by atoms with E-state index in [0.717, 1.165) is 6.42 Å². The zero-order valence-corrected chi connectivity index (χ0v) is 7.56. The summed E-state index contributed by atoms with van der Waals surface area (Å²) in [5.41, 5.74) is 0. The summed E-state index contributed by atoms with van der Waals surface area (Å²) >= 11 is 5.52. The van der Waals surface area contributed by atoms with Crippen LogP contribution in [0.25, 0.3) is 0 Å². The van der Waals surface area contributed by atoms with Gasteiger partial charge >= 0.3 is 5.97 Å². The Labute approximate surface area is 71.6 Å². The van der Waals surface area contributed by atoms with Crippen LogP contribution in [-0.2, 0) is 14.3 Å². The first-order chi connectivity index (χ1) is 5.20. The Morgan fingerprint density at radius 1 is 1.64 bits per heavy atom. The lowest BCUT2D eigenvalue weighted by atomic mass is 10.3. The third kappa shape index (κ3) is 6.13. The normalized spacial score (nSPS) is 12.6. The highest BCUT2D eigenvalue weighted by molar-refractivity contribution is 6.18. The SMILES string of the molecule is CCC(CCl)OCOC(C)=O. The minimum atomic E-state index is -0.338. The average Bonchev–Trinajstić information content (AvgIpc) is 1.98. The molecule has 0 aromatic rings. The minimum absolute atomic E-state index is 0.000556. The molecule has 0 aromatic heterocycles. The Morgan fingerprint density at radius 2 is 2.27 bits per heavy atom. The van der Waals surface area contributed by atoms with Crippen molar-refractivity contribution in [1.29, 1.82) is 0 Å². The quantitative estimate of drug-likeness (QED) is 0.366. The van der Waals surface area contributed by atoms with E-state index < -0.39 is 0 Å². The molecule has 1 atom stereocenters. The molecule has 0 amide bonds. The fourth-order valence-corrected chi connectivity index (χ4v) is 0.792. The maximum absolute atomic E-state index is 10.3. The van der Waals surface area contributed by atoms with E-state index in [0.29, 0.717) is 5.88 Å². The maximum Gasteiger partial charge on any atom is 0.304 e. The summed E-state index contributed by atoms with van der Waals surface area (Å²) in [5, 5.41) is 0. The van der Waals surface area contributed by atoms with Crippen LogP contribution >= 0.6 is 11.6 Å². The number of rotatable bonds is 5. The number of alkyl halides is 1. The molecule has 0 bridgehead atoms. The Balaban J connectivity index is 3.28. The van der Waals surface area contributed by atoms with Crippen LogP contribution in [0.2, 0.25) is 0 Å². The van der Waals surface area contributed by atoms with Gasteiger partial charge in [0.15, 0.2) is 6.79 Å². The summed E-state index contributed by atoms with van der Waals surface area (Å²) in [6, 6.07) is 0. The van der Waals surface area contributed by atoms with Crippen molar-refractivity contribution in [1.82, 2.24) is 0 Å². The summed E-state index contributed by atoms with van der Waals surface area (Å²) < 4.78 is 9.63. The molecule has 0 aliphatic carbocycles. The Morgan fingerprint density at radius 3 is 2.64 bits per heavy atom. The number of hydrogen-bond donors (Lipinski definition) is 0. The van der Waals surface area contributed by atoms with E-state index in [1.54, 1.807) is 0 Å². The lowest BCUT2D eigenvalue weighted by Crippen LogP contribution is -2.16. The monoisotopic (exact) mass is 180 g/mol. The zero-order chi connectivity index (χ0) is 8.69. The van der Waals surface area contributed by atoms with Gasteiger partial charge in [0.2, 0.25) is 0 Å². The lowest BCUT2D eigenvalue weighted by Gasteiger charge is -2.11. The molecule has 0 heterocycles. The third-order valence-electron chi connectivity index (χ3n) is 1.19. The molecule has 3 nitrogen and oxygen atoms in total. The van der Waals surface area contributed by atoms with E-state index in [9.17, 15) is 4.79 Å². The van der Waals surface area contributed by atoms with Crippen molar-refractivity contribution >= 4 is 17.6 Å². The molecule has 0 radical (unpaired) electrons. The van der Waals surface area contributed by atoms with Crippen molar-refractivity contribution in [2.24, 2.45) is 0 Å². The van der Waals surface area contributed by atoms with E-state index in [4.69, 9.17) is 16.3 Å². The van der Waals surface area contributed by atoms with Crippen molar-refractivity contribution in [3.05, 3.63) is 0 Å². The number of ether oxygens (including phenoxy) is 2. The van der Waals surface area contributed by atoms with Crippen molar-refractivity contribution in [3.8, 4) is 0 Å². The molecule has 66 valence electrons. The van der Waals surface area contributed by atoms with E-state index >= 15 is 0 Å². The molecule has 0 spiro atoms. The van der Waals surface area contributed by atoms with E-state index in [1.165, 1.54) is 6.92 Å². The predicted octanol–water partition coefficient (Wildman–Crippen LogP) is 1.54. The van der Waals surface area contributed by atoms with Crippen molar-refractivity contribution in [2.75, 3.05) is 12.7 Å². The van der Waals surface area contributed by atoms with Crippen LogP contribution in [0.4, 0.5) is 0 Å². The van der Waals surface area contributed by atoms with Gasteiger partial charge in [0.05, 0.1) is 6.10 Å². The summed E-state index contributed by atoms with van der Waals surface area (Å²) in [6.45, 7) is 3.30. The van der Waals surface area contributed by atoms with Gasteiger partial charge in [0.1, 0.15) is 0 Å². The minimum Gasteiger partial charge on any atom is -0.439 e. The Kier molecular flexibility index (Phi) is 6.27. The molecule has 0 rings (SSSR count). The maximum atomic E-state index is 10.3. The van der Waals surface area contributed by atoms with E-state index in [1.807, 2.05) is 6.92 Å². The highest BCUT2D eigenvalue weighted by Gasteiger charge is 2.04. The number of hydrogen-bond acceptors (Lipinski definition) is 3. The van der Waals surface area contributed by atoms with Crippen LogP contribution in [0.3, 0.4) is 0 Å². The molecule has 11 heavy (non-hydrogen) atoms. The predicted molar refractivity (Wildman–Crippen MR) is 42.5 cm³/mol. The van der Waals surface area contributed by atoms with Crippen molar-refractivity contribution in [2.45, 2.75) is 26.4 Å². The van der Waals surface area contributed by atoms with E-state index in [2.05, 4.69) is 4.74 Å². The van der Waals surface area contributed by atoms with Gasteiger partial charge in [-0.1, -0.05) is 6.92 Å². The molecule has 0 fully saturated rings. The molecular weight excluding hydrogens is 168 g/mol. The molecular formula is C7H13ClO3. The lowest BCUT2D eigenvalue weighted by molar-refractivity contribution is -0.157. The summed E-state index contributed by atoms with van der Waals surface area (Å²) in [4.78, 5) is 10.3. The van der Waals surface area contributed by atoms with Gasteiger partial charge in [0.25, 0.3) is 0 Å². The van der Waals surface area contributed by atoms with Crippen LogP contribution in [0.15, 0.2) is 0 Å². The van der Waals surface area contributed by atoms with Crippen LogP contribution in [0.5, 0.6) is 0 Å². The first-order valence-corrected chi connectivity index (χ1v) is 4.05. The molecule has 0 aliphatic rings. The van der Waals surface area contributed by atoms with Gasteiger partial charge < -0.3 is 9.47 Å². The molecule has 0 saturated carbocycles. The first kappa shape index (κ1) is 10.7. The van der Waals surface area contributed by atoms with Gasteiger partial charge in [0, 0.05) is 12.8 Å². The average molecular weight is 181 g/mol. The zero-order valence-electron chi connectivity index (χ0n) is 6.80. The van der Waals surface area contributed by atoms with Gasteiger partial charge in [-0.05, 0) is 6.42 Å². The second-order valence-corrected chi connectivity index (χ2v) is 2.41. The standard InChI is InChI=1S/C7H13ClO3/c1-3-7(4-8)11-5-10-6(2)9/h7H,3-5H2,1-2H3. The van der Waals surface area contributed by atoms with Crippen molar-refractivity contribution < 1.29 is 14.3 Å². The highest BCUT2D eigenvalue weighted by Crippen LogP contribution is 1.99. The second-order valence-electron chi connectivity index (χ2n) is 2.10. The third-order valence-corrected chi connectivity index (χ3v) is 1.54. The second kappa shape index (κ2) is 6.43. The summed E-state index contributed by atoms with van der Waals surface area (Å²) in [5.74, 6) is 0.0898. The number of carbonyl (C=O) groups is 1. The van der Waals surface area contributed by atoms with Crippen LogP contribution < -0.4 is 0 Å². The summed E-state index contributed by atoms with van der Waals surface area (Å²) in [7, 11) is 0. The topological polar surface area (TPSA) is 35.5 Å². The van der Waals surface area contributed by atoms with Gasteiger partial charge in [-0.15, -0.1) is 11.6 Å². The van der Waals surface area contributed by atoms with Gasteiger partial charge in [-0.2, -0.15) is 0 Å². The van der Waals surface area contributed by atoms with E-state index in [-0.39, 0.29) is 18.9 Å². The Hall–Kier alpha value is -0.280. The molecule has 1 unspecified atom stereocenters. The number of esters is 1. The number of halogens is 1.